The second-order valence-electron chi connectivity index (χ2n) is 7.00. The number of anilines is 2. The average Bonchev–Trinajstić information content (AvgIpc) is 2.85. The lowest BCUT2D eigenvalue weighted by atomic mass is 10.2. The van der Waals surface area contributed by atoms with E-state index in [1.165, 1.54) is 30.8 Å². The smallest absolute Gasteiger partial charge is 0.150 e. The summed E-state index contributed by atoms with van der Waals surface area (Å²) in [5, 5.41) is 13.9. The number of rotatable bonds is 13. The predicted molar refractivity (Wildman–Crippen MR) is 134 cm³/mol. The van der Waals surface area contributed by atoms with Crippen LogP contribution in [0.4, 0.5) is 15.9 Å². The first kappa shape index (κ1) is 24.5. The van der Waals surface area contributed by atoms with Gasteiger partial charge in [0, 0.05) is 12.3 Å². The van der Waals surface area contributed by atoms with Gasteiger partial charge < -0.3 is 20.1 Å². The number of ether oxygens (including phenoxy) is 2. The van der Waals surface area contributed by atoms with Gasteiger partial charge in [0.2, 0.25) is 0 Å². The second-order valence-corrected chi connectivity index (χ2v) is 7.00. The van der Waals surface area contributed by atoms with E-state index in [1.807, 2.05) is 18.2 Å². The fourth-order valence-electron chi connectivity index (χ4n) is 3.08. The number of nitrogens with zero attached hydrogens (tertiary/aromatic N) is 3. The van der Waals surface area contributed by atoms with Crippen molar-refractivity contribution in [3.8, 4) is 11.5 Å². The Balaban J connectivity index is 1.80. The molecule has 0 aliphatic carbocycles. The molecule has 176 valence electrons. The molecule has 3 N–H and O–H groups in total. The fraction of sp³-hybridized carbons (Fsp3) is 0.200. The molecule has 34 heavy (non-hydrogen) atoms. The van der Waals surface area contributed by atoms with Crippen LogP contribution < -0.4 is 20.1 Å². The van der Waals surface area contributed by atoms with E-state index >= 15 is 0 Å². The van der Waals surface area contributed by atoms with Crippen LogP contribution >= 0.6 is 0 Å². The number of halogens is 1. The van der Waals surface area contributed by atoms with Gasteiger partial charge in [0.15, 0.2) is 0 Å². The lowest BCUT2D eigenvalue weighted by Gasteiger charge is -2.14. The first-order chi connectivity index (χ1) is 16.7. The summed E-state index contributed by atoms with van der Waals surface area (Å²) in [5.41, 5.74) is 0.915. The number of allylic oxidation sites excluding steroid dienone is 2. The van der Waals surface area contributed by atoms with Gasteiger partial charge >= 0.3 is 0 Å². The first-order valence-electron chi connectivity index (χ1n) is 10.8. The number of nitrogens with one attached hydrogen (secondary N) is 3. The van der Waals surface area contributed by atoms with Crippen LogP contribution in [0.3, 0.4) is 0 Å². The molecule has 0 bridgehead atoms. The summed E-state index contributed by atoms with van der Waals surface area (Å²) in [6.07, 6.45) is 7.55. The van der Waals surface area contributed by atoms with E-state index in [1.54, 1.807) is 12.1 Å². The van der Waals surface area contributed by atoms with Crippen LogP contribution in [0.25, 0.3) is 10.9 Å². The molecule has 0 atom stereocenters. The third kappa shape index (κ3) is 6.69. The highest BCUT2D eigenvalue weighted by molar-refractivity contribution is 5.95. The SMILES string of the molecule is C=C/C(=C\C=NC=N)Oc1ccc(Nc2ncnc3cccc(OCCCNCC)c23)c(F)c1. The molecule has 1 aromatic heterocycles. The molecule has 0 spiro atoms. The van der Waals surface area contributed by atoms with Crippen molar-refractivity contribution in [1.82, 2.24) is 15.3 Å². The molecular weight excluding hydrogens is 435 g/mol. The van der Waals surface area contributed by atoms with Crippen LogP contribution in [-0.2, 0) is 0 Å². The van der Waals surface area contributed by atoms with Gasteiger partial charge in [-0.15, -0.1) is 0 Å². The van der Waals surface area contributed by atoms with E-state index in [-0.39, 0.29) is 11.4 Å². The van der Waals surface area contributed by atoms with Crippen LogP contribution in [0.1, 0.15) is 13.3 Å². The van der Waals surface area contributed by atoms with E-state index in [0.717, 1.165) is 25.8 Å². The van der Waals surface area contributed by atoms with Crippen molar-refractivity contribution in [2.24, 2.45) is 4.99 Å². The van der Waals surface area contributed by atoms with Crippen LogP contribution in [0.15, 0.2) is 72.2 Å². The van der Waals surface area contributed by atoms with Crippen molar-refractivity contribution in [2.45, 2.75) is 13.3 Å². The second kappa shape index (κ2) is 12.8. The summed E-state index contributed by atoms with van der Waals surface area (Å²) >= 11 is 0. The van der Waals surface area contributed by atoms with Crippen molar-refractivity contribution >= 4 is 35.0 Å². The minimum Gasteiger partial charge on any atom is -0.493 e. The highest BCUT2D eigenvalue weighted by Crippen LogP contribution is 2.33. The number of hydrogen-bond acceptors (Lipinski definition) is 7. The summed E-state index contributed by atoms with van der Waals surface area (Å²) < 4.78 is 26.5. The number of benzene rings is 2. The van der Waals surface area contributed by atoms with Gasteiger partial charge in [-0.2, -0.15) is 0 Å². The molecule has 9 heteroatoms. The van der Waals surface area contributed by atoms with Gasteiger partial charge in [-0.3, -0.25) is 5.41 Å². The number of aliphatic imine (C=N–C) groups is 1. The van der Waals surface area contributed by atoms with Gasteiger partial charge in [-0.05, 0) is 55.9 Å². The molecule has 0 radical (unpaired) electrons. The van der Waals surface area contributed by atoms with Gasteiger partial charge in [0.25, 0.3) is 0 Å². The molecular formula is C25H27FN6O2. The third-order valence-electron chi connectivity index (χ3n) is 4.66. The number of hydrogen-bond donors (Lipinski definition) is 3. The normalized spacial score (nSPS) is 11.5. The lowest BCUT2D eigenvalue weighted by molar-refractivity contribution is 0.312. The molecule has 3 aromatic rings. The molecule has 8 nitrogen and oxygen atoms in total. The molecule has 3 rings (SSSR count). The molecule has 2 aromatic carbocycles. The third-order valence-corrected chi connectivity index (χ3v) is 4.66. The van der Waals surface area contributed by atoms with Crippen LogP contribution in [0.5, 0.6) is 11.5 Å². The maximum absolute atomic E-state index is 14.9. The Hall–Kier alpha value is -4.11. The van der Waals surface area contributed by atoms with Gasteiger partial charge in [0.05, 0.1) is 23.2 Å². The van der Waals surface area contributed by atoms with E-state index in [4.69, 9.17) is 14.9 Å². The Morgan fingerprint density at radius 3 is 2.91 bits per heavy atom. The summed E-state index contributed by atoms with van der Waals surface area (Å²) in [7, 11) is 0. The van der Waals surface area contributed by atoms with Crippen molar-refractivity contribution < 1.29 is 13.9 Å². The zero-order chi connectivity index (χ0) is 24.2. The van der Waals surface area contributed by atoms with Crippen molar-refractivity contribution in [1.29, 1.82) is 5.41 Å². The fourth-order valence-corrected chi connectivity index (χ4v) is 3.08. The van der Waals surface area contributed by atoms with E-state index < -0.39 is 5.82 Å². The molecule has 0 fully saturated rings. The van der Waals surface area contributed by atoms with Crippen molar-refractivity contribution in [3.63, 3.8) is 0 Å². The molecule has 0 saturated carbocycles. The first-order valence-corrected chi connectivity index (χ1v) is 10.8. The Morgan fingerprint density at radius 1 is 1.26 bits per heavy atom. The number of fused-ring (bicyclic) bond motifs is 1. The predicted octanol–water partition coefficient (Wildman–Crippen LogP) is 5.02. The molecule has 0 saturated heterocycles. The molecule has 0 aliphatic heterocycles. The van der Waals surface area contributed by atoms with Crippen molar-refractivity contribution in [2.75, 3.05) is 25.0 Å². The van der Waals surface area contributed by atoms with Crippen LogP contribution in [0, 0.1) is 11.2 Å². The zero-order valence-corrected chi connectivity index (χ0v) is 18.9. The van der Waals surface area contributed by atoms with Gasteiger partial charge in [0.1, 0.15) is 41.6 Å². The van der Waals surface area contributed by atoms with Crippen LogP contribution in [0.2, 0.25) is 0 Å². The topological polar surface area (TPSA) is 105 Å². The van der Waals surface area contributed by atoms with Gasteiger partial charge in [-0.25, -0.2) is 19.4 Å². The minimum absolute atomic E-state index is 0.226. The average molecular weight is 463 g/mol. The molecule has 0 amide bonds. The summed E-state index contributed by atoms with van der Waals surface area (Å²) in [5.74, 6) is 1.20. The van der Waals surface area contributed by atoms with Gasteiger partial charge in [-0.1, -0.05) is 19.6 Å². The molecule has 1 heterocycles. The zero-order valence-electron chi connectivity index (χ0n) is 18.9. The maximum Gasteiger partial charge on any atom is 0.150 e. The quantitative estimate of drug-likeness (QED) is 0.108. The minimum atomic E-state index is -0.523. The van der Waals surface area contributed by atoms with E-state index in [9.17, 15) is 4.39 Å². The summed E-state index contributed by atoms with van der Waals surface area (Å²) in [4.78, 5) is 12.3. The molecule has 0 aliphatic rings. The Bertz CT molecular complexity index is 1190. The Labute approximate surface area is 197 Å². The Kier molecular flexibility index (Phi) is 9.24. The van der Waals surface area contributed by atoms with E-state index in [2.05, 4.69) is 39.1 Å². The standard InChI is InChI=1S/C25H27FN6O2/c1-3-18(11-13-29-16-27)34-19-9-10-21(20(26)15-19)32-25-24-22(30-17-31-25)7-5-8-23(24)33-14-6-12-28-4-2/h3,5,7-11,13,15-17,27-28H,1,4,6,12,14H2,2H3,(H,30,31,32)/b18-11+,27-16?,29-13?. The largest absolute Gasteiger partial charge is 0.493 e. The molecule has 0 unspecified atom stereocenters. The lowest BCUT2D eigenvalue weighted by Crippen LogP contribution is -2.16. The summed E-state index contributed by atoms with van der Waals surface area (Å²) in [6.45, 7) is 8.02. The van der Waals surface area contributed by atoms with Crippen molar-refractivity contribution in [3.05, 3.63) is 73.0 Å². The maximum atomic E-state index is 14.9. The van der Waals surface area contributed by atoms with Crippen LogP contribution in [-0.4, -0.2) is 42.2 Å². The van der Waals surface area contributed by atoms with E-state index in [0.29, 0.717) is 34.8 Å². The summed E-state index contributed by atoms with van der Waals surface area (Å²) in [6, 6.07) is 10.0. The Morgan fingerprint density at radius 2 is 2.15 bits per heavy atom. The monoisotopic (exact) mass is 462 g/mol. The highest BCUT2D eigenvalue weighted by atomic mass is 19.1. The highest BCUT2D eigenvalue weighted by Gasteiger charge is 2.13. The number of aromatic nitrogens is 2.